The lowest BCUT2D eigenvalue weighted by Gasteiger charge is -2.39. The van der Waals surface area contributed by atoms with Crippen LogP contribution < -0.4 is 4.90 Å². The summed E-state index contributed by atoms with van der Waals surface area (Å²) in [5, 5.41) is 0. The predicted molar refractivity (Wildman–Crippen MR) is 71.5 cm³/mol. The van der Waals surface area contributed by atoms with Crippen LogP contribution in [0, 0.1) is 5.41 Å². The fourth-order valence-corrected chi connectivity index (χ4v) is 2.58. The molecule has 3 nitrogen and oxygen atoms in total. The standard InChI is InChI=1S/C13H20ClN3/c1-13(4-2-7-14)5-10-17(11-6-13)12-15-8-3-9-16-12/h3,8-9H,2,4-7,10-11H2,1H3. The third kappa shape index (κ3) is 3.32. The van der Waals surface area contributed by atoms with E-state index in [1.165, 1.54) is 19.3 Å². The molecule has 1 aliphatic heterocycles. The van der Waals surface area contributed by atoms with Gasteiger partial charge in [-0.15, -0.1) is 11.6 Å². The van der Waals surface area contributed by atoms with Crippen molar-refractivity contribution in [3.8, 4) is 0 Å². The maximum Gasteiger partial charge on any atom is 0.225 e. The summed E-state index contributed by atoms with van der Waals surface area (Å²) in [4.78, 5) is 10.9. The first-order chi connectivity index (χ1) is 8.23. The third-order valence-electron chi connectivity index (χ3n) is 3.72. The second-order valence-corrected chi connectivity index (χ2v) is 5.52. The Labute approximate surface area is 108 Å². The zero-order valence-electron chi connectivity index (χ0n) is 10.4. The van der Waals surface area contributed by atoms with Crippen molar-refractivity contribution >= 4 is 17.5 Å². The second kappa shape index (κ2) is 5.67. The van der Waals surface area contributed by atoms with Gasteiger partial charge >= 0.3 is 0 Å². The summed E-state index contributed by atoms with van der Waals surface area (Å²) in [6.07, 6.45) is 8.40. The maximum atomic E-state index is 5.78. The molecular weight excluding hydrogens is 234 g/mol. The van der Waals surface area contributed by atoms with Gasteiger partial charge < -0.3 is 4.90 Å². The highest BCUT2D eigenvalue weighted by molar-refractivity contribution is 6.17. The van der Waals surface area contributed by atoms with Gasteiger partial charge in [0.15, 0.2) is 0 Å². The van der Waals surface area contributed by atoms with E-state index in [9.17, 15) is 0 Å². The third-order valence-corrected chi connectivity index (χ3v) is 3.99. The van der Waals surface area contributed by atoms with Gasteiger partial charge in [-0.1, -0.05) is 6.92 Å². The average Bonchev–Trinajstić information content (AvgIpc) is 2.38. The van der Waals surface area contributed by atoms with Gasteiger partial charge in [0.1, 0.15) is 0 Å². The van der Waals surface area contributed by atoms with Gasteiger partial charge in [0.25, 0.3) is 0 Å². The SMILES string of the molecule is CC1(CCCCl)CCN(c2ncccn2)CC1. The van der Waals surface area contributed by atoms with Crippen molar-refractivity contribution in [3.05, 3.63) is 18.5 Å². The van der Waals surface area contributed by atoms with E-state index < -0.39 is 0 Å². The van der Waals surface area contributed by atoms with E-state index in [-0.39, 0.29) is 0 Å². The maximum absolute atomic E-state index is 5.78. The number of rotatable bonds is 4. The zero-order chi connectivity index (χ0) is 12.1. The lowest BCUT2D eigenvalue weighted by Crippen LogP contribution is -2.39. The van der Waals surface area contributed by atoms with Gasteiger partial charge in [0.05, 0.1) is 0 Å². The van der Waals surface area contributed by atoms with Crippen LogP contribution >= 0.6 is 11.6 Å². The molecule has 1 aliphatic rings. The van der Waals surface area contributed by atoms with E-state index in [4.69, 9.17) is 11.6 Å². The summed E-state index contributed by atoms with van der Waals surface area (Å²) >= 11 is 5.78. The Morgan fingerprint density at radius 2 is 1.94 bits per heavy atom. The minimum atomic E-state index is 0.459. The molecule has 0 aliphatic carbocycles. The van der Waals surface area contributed by atoms with Crippen molar-refractivity contribution < 1.29 is 0 Å². The number of piperidine rings is 1. The molecule has 17 heavy (non-hydrogen) atoms. The fraction of sp³-hybridized carbons (Fsp3) is 0.692. The predicted octanol–water partition coefficient (Wildman–Crippen LogP) is 3.10. The largest absolute Gasteiger partial charge is 0.341 e. The van der Waals surface area contributed by atoms with Gasteiger partial charge in [-0.25, -0.2) is 9.97 Å². The number of alkyl halides is 1. The van der Waals surface area contributed by atoms with E-state index in [1.54, 1.807) is 0 Å². The van der Waals surface area contributed by atoms with Gasteiger partial charge in [-0.2, -0.15) is 0 Å². The molecule has 0 aromatic carbocycles. The zero-order valence-corrected chi connectivity index (χ0v) is 11.2. The van der Waals surface area contributed by atoms with Crippen LogP contribution in [0.25, 0.3) is 0 Å². The minimum Gasteiger partial charge on any atom is -0.341 e. The first-order valence-corrected chi connectivity index (χ1v) is 6.85. The smallest absolute Gasteiger partial charge is 0.225 e. The summed E-state index contributed by atoms with van der Waals surface area (Å²) in [6.45, 7) is 4.49. The highest BCUT2D eigenvalue weighted by Crippen LogP contribution is 2.36. The van der Waals surface area contributed by atoms with Crippen LogP contribution in [-0.4, -0.2) is 28.9 Å². The lowest BCUT2D eigenvalue weighted by atomic mass is 9.77. The molecule has 0 unspecified atom stereocenters. The molecule has 0 radical (unpaired) electrons. The van der Waals surface area contributed by atoms with E-state index >= 15 is 0 Å². The Kier molecular flexibility index (Phi) is 4.21. The van der Waals surface area contributed by atoms with Gasteiger partial charge in [-0.3, -0.25) is 0 Å². The van der Waals surface area contributed by atoms with Gasteiger partial charge in [0, 0.05) is 31.4 Å². The Morgan fingerprint density at radius 1 is 1.29 bits per heavy atom. The van der Waals surface area contributed by atoms with Crippen molar-refractivity contribution in [2.75, 3.05) is 23.9 Å². The van der Waals surface area contributed by atoms with E-state index in [0.717, 1.165) is 31.3 Å². The molecule has 0 bridgehead atoms. The summed E-state index contributed by atoms with van der Waals surface area (Å²) < 4.78 is 0. The molecule has 1 aromatic heterocycles. The summed E-state index contributed by atoms with van der Waals surface area (Å²) in [6, 6.07) is 1.86. The molecule has 0 N–H and O–H groups in total. The molecule has 94 valence electrons. The van der Waals surface area contributed by atoms with Crippen molar-refractivity contribution in [3.63, 3.8) is 0 Å². The molecule has 0 spiro atoms. The fourth-order valence-electron chi connectivity index (χ4n) is 2.44. The molecule has 4 heteroatoms. The molecule has 1 aromatic rings. The minimum absolute atomic E-state index is 0.459. The van der Waals surface area contributed by atoms with E-state index in [0.29, 0.717) is 5.41 Å². The number of hydrogen-bond acceptors (Lipinski definition) is 3. The molecule has 0 saturated carbocycles. The number of hydrogen-bond donors (Lipinski definition) is 0. The van der Waals surface area contributed by atoms with Crippen LogP contribution in [0.4, 0.5) is 5.95 Å². The van der Waals surface area contributed by atoms with Crippen LogP contribution in [0.3, 0.4) is 0 Å². The summed E-state index contributed by atoms with van der Waals surface area (Å²) in [7, 11) is 0. The molecule has 0 amide bonds. The van der Waals surface area contributed by atoms with Crippen LogP contribution in [-0.2, 0) is 0 Å². The van der Waals surface area contributed by atoms with E-state index in [1.807, 2.05) is 18.5 Å². The number of aromatic nitrogens is 2. The van der Waals surface area contributed by atoms with Gasteiger partial charge in [0.2, 0.25) is 5.95 Å². The Balaban J connectivity index is 1.90. The number of nitrogens with zero attached hydrogens (tertiary/aromatic N) is 3. The van der Waals surface area contributed by atoms with Crippen LogP contribution in [0.5, 0.6) is 0 Å². The number of halogens is 1. The Morgan fingerprint density at radius 3 is 2.53 bits per heavy atom. The molecule has 1 fully saturated rings. The van der Waals surface area contributed by atoms with Crippen LogP contribution in [0.15, 0.2) is 18.5 Å². The molecule has 0 atom stereocenters. The van der Waals surface area contributed by atoms with E-state index in [2.05, 4.69) is 21.8 Å². The van der Waals surface area contributed by atoms with Crippen molar-refractivity contribution in [2.24, 2.45) is 5.41 Å². The molecular formula is C13H20ClN3. The quantitative estimate of drug-likeness (QED) is 0.772. The Bertz CT molecular complexity index is 334. The Hall–Kier alpha value is -0.830. The van der Waals surface area contributed by atoms with Crippen LogP contribution in [0.1, 0.15) is 32.6 Å². The monoisotopic (exact) mass is 253 g/mol. The summed E-state index contributed by atoms with van der Waals surface area (Å²) in [5.74, 6) is 1.65. The molecule has 1 saturated heterocycles. The lowest BCUT2D eigenvalue weighted by molar-refractivity contribution is 0.225. The average molecular weight is 254 g/mol. The first-order valence-electron chi connectivity index (χ1n) is 6.31. The normalized spacial score (nSPS) is 19.3. The summed E-state index contributed by atoms with van der Waals surface area (Å²) in [5.41, 5.74) is 0.459. The highest BCUT2D eigenvalue weighted by Gasteiger charge is 2.30. The van der Waals surface area contributed by atoms with Crippen LogP contribution in [0.2, 0.25) is 0 Å². The molecule has 2 heterocycles. The topological polar surface area (TPSA) is 29.0 Å². The highest BCUT2D eigenvalue weighted by atomic mass is 35.5. The van der Waals surface area contributed by atoms with Crippen molar-refractivity contribution in [1.82, 2.24) is 9.97 Å². The van der Waals surface area contributed by atoms with Crippen molar-refractivity contribution in [2.45, 2.75) is 32.6 Å². The van der Waals surface area contributed by atoms with Crippen molar-refractivity contribution in [1.29, 1.82) is 0 Å². The second-order valence-electron chi connectivity index (χ2n) is 5.14. The molecule has 2 rings (SSSR count). The van der Waals surface area contributed by atoms with Gasteiger partial charge in [-0.05, 0) is 37.2 Å². The number of anilines is 1. The first kappa shape index (κ1) is 12.6.